The highest BCUT2D eigenvalue weighted by Crippen LogP contribution is 2.23. The van der Waals surface area contributed by atoms with Gasteiger partial charge in [-0.05, 0) is 49.4 Å². The molecular formula is C21H30FN3O2. The summed E-state index contributed by atoms with van der Waals surface area (Å²) in [5.41, 5.74) is 0.508. The van der Waals surface area contributed by atoms with Gasteiger partial charge in [-0.15, -0.1) is 0 Å². The van der Waals surface area contributed by atoms with Crippen molar-refractivity contribution < 1.29 is 14.0 Å². The molecule has 1 saturated heterocycles. The second-order valence-corrected chi connectivity index (χ2v) is 7.86. The number of carbonyl (C=O) groups excluding carboxylic acids is 2. The van der Waals surface area contributed by atoms with E-state index in [0.29, 0.717) is 43.7 Å². The summed E-state index contributed by atoms with van der Waals surface area (Å²) in [4.78, 5) is 29.0. The summed E-state index contributed by atoms with van der Waals surface area (Å²) in [5.74, 6) is 0.229. The predicted molar refractivity (Wildman–Crippen MR) is 103 cm³/mol. The van der Waals surface area contributed by atoms with Crippen LogP contribution in [-0.4, -0.2) is 60.4 Å². The molecule has 148 valence electrons. The molecule has 1 N–H and O–H groups in total. The maximum Gasteiger partial charge on any atom is 0.253 e. The van der Waals surface area contributed by atoms with Crippen molar-refractivity contribution in [3.05, 3.63) is 35.6 Å². The third-order valence-electron chi connectivity index (χ3n) is 5.79. The number of nitrogens with one attached hydrogen (secondary N) is 1. The van der Waals surface area contributed by atoms with Gasteiger partial charge in [0.1, 0.15) is 5.82 Å². The molecule has 27 heavy (non-hydrogen) atoms. The number of halogens is 1. The number of benzene rings is 1. The fourth-order valence-corrected chi connectivity index (χ4v) is 4.09. The van der Waals surface area contributed by atoms with E-state index in [1.165, 1.54) is 43.5 Å². The molecule has 1 aliphatic carbocycles. The van der Waals surface area contributed by atoms with E-state index in [1.807, 2.05) is 0 Å². The number of nitrogens with zero attached hydrogens (tertiary/aromatic N) is 2. The normalized spacial score (nSPS) is 24.3. The average Bonchev–Trinajstić information content (AvgIpc) is 2.89. The lowest BCUT2D eigenvalue weighted by atomic mass is 9.86. The third-order valence-corrected chi connectivity index (χ3v) is 5.79. The molecule has 2 atom stereocenters. The quantitative estimate of drug-likeness (QED) is 0.880. The molecule has 1 aromatic carbocycles. The Labute approximate surface area is 160 Å². The Kier molecular flexibility index (Phi) is 6.83. The highest BCUT2D eigenvalue weighted by molar-refractivity contribution is 5.94. The summed E-state index contributed by atoms with van der Waals surface area (Å²) in [6.07, 6.45) is 5.55. The molecule has 2 fully saturated rings. The Morgan fingerprint density at radius 1 is 1.04 bits per heavy atom. The lowest BCUT2D eigenvalue weighted by Gasteiger charge is -2.30. The fourth-order valence-electron chi connectivity index (χ4n) is 4.09. The topological polar surface area (TPSA) is 52.7 Å². The number of rotatable bonds is 4. The molecule has 1 heterocycles. The number of hydrogen-bond acceptors (Lipinski definition) is 3. The average molecular weight is 375 g/mol. The minimum atomic E-state index is -0.341. The molecule has 6 heteroatoms. The van der Waals surface area contributed by atoms with Crippen molar-refractivity contribution in [2.24, 2.45) is 5.92 Å². The van der Waals surface area contributed by atoms with Crippen molar-refractivity contribution >= 4 is 11.8 Å². The summed E-state index contributed by atoms with van der Waals surface area (Å²) in [7, 11) is 0. The van der Waals surface area contributed by atoms with Gasteiger partial charge >= 0.3 is 0 Å². The smallest absolute Gasteiger partial charge is 0.253 e. The summed E-state index contributed by atoms with van der Waals surface area (Å²) >= 11 is 0. The van der Waals surface area contributed by atoms with Crippen molar-refractivity contribution in [1.29, 1.82) is 0 Å². The first-order chi connectivity index (χ1) is 13.0. The van der Waals surface area contributed by atoms with Crippen LogP contribution >= 0.6 is 0 Å². The summed E-state index contributed by atoms with van der Waals surface area (Å²) < 4.78 is 13.1. The molecule has 5 nitrogen and oxygen atoms in total. The van der Waals surface area contributed by atoms with Crippen LogP contribution in [0.4, 0.5) is 4.39 Å². The molecular weight excluding hydrogens is 345 g/mol. The minimum Gasteiger partial charge on any atom is -0.352 e. The Bertz CT molecular complexity index is 649. The molecule has 0 bridgehead atoms. The lowest BCUT2D eigenvalue weighted by Crippen LogP contribution is -2.46. The summed E-state index contributed by atoms with van der Waals surface area (Å²) in [5, 5.41) is 3.20. The van der Waals surface area contributed by atoms with Crippen LogP contribution < -0.4 is 5.32 Å². The zero-order chi connectivity index (χ0) is 19.2. The van der Waals surface area contributed by atoms with E-state index in [-0.39, 0.29) is 17.6 Å². The second-order valence-electron chi connectivity index (χ2n) is 7.86. The van der Waals surface area contributed by atoms with Gasteiger partial charge in [0.2, 0.25) is 5.91 Å². The predicted octanol–water partition coefficient (Wildman–Crippen LogP) is 2.67. The van der Waals surface area contributed by atoms with Crippen molar-refractivity contribution in [3.63, 3.8) is 0 Å². The number of amides is 2. The fraction of sp³-hybridized carbons (Fsp3) is 0.619. The minimum absolute atomic E-state index is 0.0719. The molecule has 1 aromatic rings. The Morgan fingerprint density at radius 2 is 1.78 bits per heavy atom. The molecule has 2 aliphatic rings. The van der Waals surface area contributed by atoms with Crippen LogP contribution in [0.15, 0.2) is 24.3 Å². The Balaban J connectivity index is 1.48. The Hall–Kier alpha value is -1.95. The molecule has 2 unspecified atom stereocenters. The lowest BCUT2D eigenvalue weighted by molar-refractivity contribution is -0.123. The van der Waals surface area contributed by atoms with E-state index in [9.17, 15) is 14.0 Å². The van der Waals surface area contributed by atoms with Gasteiger partial charge in [-0.25, -0.2) is 4.39 Å². The third kappa shape index (κ3) is 5.51. The zero-order valence-corrected chi connectivity index (χ0v) is 16.1. The standard InChI is InChI=1S/C21H30FN3O2/c1-16-5-2-3-6-19(16)23-20(26)15-24-11-4-12-25(14-13-24)21(27)17-7-9-18(22)10-8-17/h7-10,16,19H,2-6,11-15H2,1H3,(H,23,26). The van der Waals surface area contributed by atoms with Crippen LogP contribution in [-0.2, 0) is 4.79 Å². The van der Waals surface area contributed by atoms with Crippen molar-refractivity contribution in [1.82, 2.24) is 15.1 Å². The molecule has 1 aliphatic heterocycles. The van der Waals surface area contributed by atoms with Crippen molar-refractivity contribution in [2.75, 3.05) is 32.7 Å². The van der Waals surface area contributed by atoms with E-state index in [4.69, 9.17) is 0 Å². The first kappa shape index (κ1) is 19.8. The molecule has 3 rings (SSSR count). The van der Waals surface area contributed by atoms with Gasteiger partial charge in [0.25, 0.3) is 5.91 Å². The first-order valence-electron chi connectivity index (χ1n) is 10.1. The zero-order valence-electron chi connectivity index (χ0n) is 16.1. The van der Waals surface area contributed by atoms with Crippen molar-refractivity contribution in [2.45, 2.75) is 45.1 Å². The Morgan fingerprint density at radius 3 is 2.52 bits per heavy atom. The maximum atomic E-state index is 13.1. The van der Waals surface area contributed by atoms with Gasteiger partial charge < -0.3 is 10.2 Å². The van der Waals surface area contributed by atoms with E-state index < -0.39 is 0 Å². The molecule has 2 amide bonds. The van der Waals surface area contributed by atoms with Gasteiger partial charge in [0.15, 0.2) is 0 Å². The number of hydrogen-bond donors (Lipinski definition) is 1. The summed E-state index contributed by atoms with van der Waals surface area (Å²) in [6, 6.07) is 5.98. The van der Waals surface area contributed by atoms with Crippen LogP contribution in [0.2, 0.25) is 0 Å². The van der Waals surface area contributed by atoms with Gasteiger partial charge in [-0.3, -0.25) is 14.5 Å². The van der Waals surface area contributed by atoms with Crippen LogP contribution in [0.3, 0.4) is 0 Å². The first-order valence-corrected chi connectivity index (χ1v) is 10.1. The van der Waals surface area contributed by atoms with Crippen LogP contribution in [0, 0.1) is 11.7 Å². The molecule has 0 aromatic heterocycles. The summed E-state index contributed by atoms with van der Waals surface area (Å²) in [6.45, 7) is 5.34. The monoisotopic (exact) mass is 375 g/mol. The molecule has 0 radical (unpaired) electrons. The van der Waals surface area contributed by atoms with Gasteiger partial charge in [-0.2, -0.15) is 0 Å². The van der Waals surface area contributed by atoms with Crippen LogP contribution in [0.25, 0.3) is 0 Å². The SMILES string of the molecule is CC1CCCCC1NC(=O)CN1CCCN(C(=O)c2ccc(F)cc2)CC1. The highest BCUT2D eigenvalue weighted by atomic mass is 19.1. The largest absolute Gasteiger partial charge is 0.352 e. The molecule has 1 saturated carbocycles. The van der Waals surface area contributed by atoms with Crippen LogP contribution in [0.5, 0.6) is 0 Å². The number of carbonyl (C=O) groups is 2. The van der Waals surface area contributed by atoms with E-state index in [2.05, 4.69) is 17.1 Å². The van der Waals surface area contributed by atoms with Gasteiger partial charge in [0.05, 0.1) is 6.54 Å². The van der Waals surface area contributed by atoms with Crippen LogP contribution in [0.1, 0.15) is 49.4 Å². The van der Waals surface area contributed by atoms with Gasteiger partial charge in [-0.1, -0.05) is 19.8 Å². The van der Waals surface area contributed by atoms with Crippen molar-refractivity contribution in [3.8, 4) is 0 Å². The van der Waals surface area contributed by atoms with E-state index in [1.54, 1.807) is 4.90 Å². The second kappa shape index (κ2) is 9.31. The highest BCUT2D eigenvalue weighted by Gasteiger charge is 2.25. The molecule has 0 spiro atoms. The maximum absolute atomic E-state index is 13.1. The van der Waals surface area contributed by atoms with Gasteiger partial charge in [0, 0.05) is 37.8 Å². The van der Waals surface area contributed by atoms with E-state index >= 15 is 0 Å². The van der Waals surface area contributed by atoms with E-state index in [0.717, 1.165) is 19.4 Å².